The van der Waals surface area contributed by atoms with Crippen molar-refractivity contribution in [3.8, 4) is 0 Å². The molecule has 2 amide bonds. The molecule has 0 aromatic carbocycles. The number of carbonyl (C=O) groups excluding carboxylic acids is 1. The molecule has 0 aliphatic rings. The van der Waals surface area contributed by atoms with Crippen LogP contribution in [0.1, 0.15) is 0 Å². The minimum atomic E-state index is -0.0246. The summed E-state index contributed by atoms with van der Waals surface area (Å²) in [6, 6.07) is -0.0246. The molecule has 0 rings (SSSR count). The maximum atomic E-state index is 11.0. The summed E-state index contributed by atoms with van der Waals surface area (Å²) < 4.78 is 0.869. The molecular formula is C8H20N3O+. The molecule has 72 valence electrons. The third kappa shape index (κ3) is 5.97. The van der Waals surface area contributed by atoms with E-state index in [1.165, 1.54) is 4.90 Å². The van der Waals surface area contributed by atoms with Crippen LogP contribution in [0.3, 0.4) is 0 Å². The van der Waals surface area contributed by atoms with E-state index in [9.17, 15) is 4.79 Å². The molecule has 0 saturated heterocycles. The van der Waals surface area contributed by atoms with Gasteiger partial charge >= 0.3 is 6.03 Å². The minimum Gasteiger partial charge on any atom is -0.332 e. The Labute approximate surface area is 74.7 Å². The molecule has 12 heavy (non-hydrogen) atoms. The monoisotopic (exact) mass is 174 g/mol. The third-order valence-corrected chi connectivity index (χ3v) is 1.47. The van der Waals surface area contributed by atoms with Crippen molar-refractivity contribution in [1.29, 1.82) is 0 Å². The van der Waals surface area contributed by atoms with E-state index in [4.69, 9.17) is 0 Å². The summed E-state index contributed by atoms with van der Waals surface area (Å²) in [6.07, 6.45) is 0. The van der Waals surface area contributed by atoms with E-state index in [0.29, 0.717) is 0 Å². The van der Waals surface area contributed by atoms with Crippen molar-refractivity contribution in [1.82, 2.24) is 10.2 Å². The van der Waals surface area contributed by atoms with E-state index in [0.717, 1.165) is 17.6 Å². The second-order valence-electron chi connectivity index (χ2n) is 4.14. The summed E-state index contributed by atoms with van der Waals surface area (Å²) >= 11 is 0. The summed E-state index contributed by atoms with van der Waals surface area (Å²) in [5.74, 6) is 0. The highest BCUT2D eigenvalue weighted by atomic mass is 16.2. The van der Waals surface area contributed by atoms with Crippen molar-refractivity contribution in [2.45, 2.75) is 0 Å². The van der Waals surface area contributed by atoms with Gasteiger partial charge in [0.1, 0.15) is 0 Å². The summed E-state index contributed by atoms with van der Waals surface area (Å²) in [4.78, 5) is 12.6. The molecule has 0 unspecified atom stereocenters. The Morgan fingerprint density at radius 1 is 1.33 bits per heavy atom. The molecule has 0 aromatic heterocycles. The maximum Gasteiger partial charge on any atom is 0.317 e. The van der Waals surface area contributed by atoms with Gasteiger partial charge in [-0.15, -0.1) is 0 Å². The molecule has 1 N–H and O–H groups in total. The Morgan fingerprint density at radius 3 is 2.17 bits per heavy atom. The predicted octanol–water partition coefficient (Wildman–Crippen LogP) is -0.0362. The van der Waals surface area contributed by atoms with Gasteiger partial charge in [-0.05, 0) is 0 Å². The molecule has 0 aliphatic carbocycles. The second kappa shape index (κ2) is 4.30. The standard InChI is InChI=1S/C8H19N3O/c1-10(2)8(12)9-6-7-11(3,4)5/h6-7H2,1-5H3/p+1. The van der Waals surface area contributed by atoms with Crippen LogP contribution in [0.15, 0.2) is 0 Å². The van der Waals surface area contributed by atoms with Gasteiger partial charge in [0.2, 0.25) is 0 Å². The Bertz CT molecular complexity index is 149. The SMILES string of the molecule is CN(C)C(=O)NCC[N+](C)(C)C. The number of urea groups is 1. The molecular weight excluding hydrogens is 154 g/mol. The molecule has 4 heteroatoms. The molecule has 4 nitrogen and oxygen atoms in total. The molecule has 0 radical (unpaired) electrons. The summed E-state index contributed by atoms with van der Waals surface area (Å²) in [5, 5.41) is 2.81. The largest absolute Gasteiger partial charge is 0.332 e. The fourth-order valence-corrected chi connectivity index (χ4v) is 0.656. The molecule has 0 bridgehead atoms. The highest BCUT2D eigenvalue weighted by Crippen LogP contribution is 1.86. The first-order valence-electron chi connectivity index (χ1n) is 4.08. The van der Waals surface area contributed by atoms with Crippen LogP contribution in [0.5, 0.6) is 0 Å². The number of rotatable bonds is 3. The Morgan fingerprint density at radius 2 is 1.83 bits per heavy atom. The first-order valence-corrected chi connectivity index (χ1v) is 4.08. The van der Waals surface area contributed by atoms with Gasteiger partial charge in [0.15, 0.2) is 0 Å². The van der Waals surface area contributed by atoms with Crippen molar-refractivity contribution in [3.63, 3.8) is 0 Å². The summed E-state index contributed by atoms with van der Waals surface area (Å²) in [7, 11) is 9.77. The topological polar surface area (TPSA) is 32.3 Å². The lowest BCUT2D eigenvalue weighted by molar-refractivity contribution is -0.869. The Balaban J connectivity index is 3.51. The molecule has 0 saturated carbocycles. The van der Waals surface area contributed by atoms with Crippen LogP contribution in [0.2, 0.25) is 0 Å². The molecule has 0 spiro atoms. The second-order valence-corrected chi connectivity index (χ2v) is 4.14. The highest BCUT2D eigenvalue weighted by Gasteiger charge is 2.07. The van der Waals surface area contributed by atoms with Crippen molar-refractivity contribution >= 4 is 6.03 Å². The highest BCUT2D eigenvalue weighted by molar-refractivity contribution is 5.73. The normalized spacial score (nSPS) is 11.1. The lowest BCUT2D eigenvalue weighted by atomic mass is 10.5. The van der Waals surface area contributed by atoms with Gasteiger partial charge in [0.25, 0.3) is 0 Å². The number of quaternary nitrogens is 1. The zero-order valence-corrected chi connectivity index (χ0v) is 8.72. The molecule has 0 atom stereocenters. The van der Waals surface area contributed by atoms with E-state index in [2.05, 4.69) is 26.5 Å². The first-order chi connectivity index (χ1) is 5.33. The number of nitrogens with zero attached hydrogens (tertiary/aromatic N) is 2. The minimum absolute atomic E-state index is 0.0246. The fraction of sp³-hybridized carbons (Fsp3) is 0.875. The number of hydrogen-bond donors (Lipinski definition) is 1. The van der Waals surface area contributed by atoms with Crippen LogP contribution in [0.4, 0.5) is 4.79 Å². The van der Waals surface area contributed by atoms with Crippen LogP contribution in [0, 0.1) is 0 Å². The quantitative estimate of drug-likeness (QED) is 0.598. The zero-order chi connectivity index (χ0) is 9.78. The number of likely N-dealkylation sites (N-methyl/N-ethyl adjacent to an activating group) is 1. The van der Waals surface area contributed by atoms with E-state index in [1.807, 2.05) is 0 Å². The van der Waals surface area contributed by atoms with Crippen LogP contribution in [-0.4, -0.2) is 63.7 Å². The lowest BCUT2D eigenvalue weighted by Crippen LogP contribution is -2.44. The van der Waals surface area contributed by atoms with E-state index in [1.54, 1.807) is 14.1 Å². The van der Waals surface area contributed by atoms with E-state index < -0.39 is 0 Å². The van der Waals surface area contributed by atoms with Gasteiger partial charge in [-0.1, -0.05) is 0 Å². The van der Waals surface area contributed by atoms with Crippen LogP contribution >= 0.6 is 0 Å². The lowest BCUT2D eigenvalue weighted by Gasteiger charge is -2.24. The first kappa shape index (κ1) is 11.2. The van der Waals surface area contributed by atoms with Crippen molar-refractivity contribution < 1.29 is 9.28 Å². The summed E-state index contributed by atoms with van der Waals surface area (Å²) in [5.41, 5.74) is 0. The van der Waals surface area contributed by atoms with Gasteiger partial charge < -0.3 is 14.7 Å². The van der Waals surface area contributed by atoms with Gasteiger partial charge in [-0.2, -0.15) is 0 Å². The van der Waals surface area contributed by atoms with Gasteiger partial charge in [-0.25, -0.2) is 4.79 Å². The van der Waals surface area contributed by atoms with Crippen LogP contribution in [0.25, 0.3) is 0 Å². The zero-order valence-electron chi connectivity index (χ0n) is 8.72. The van der Waals surface area contributed by atoms with Gasteiger partial charge in [0.05, 0.1) is 34.2 Å². The van der Waals surface area contributed by atoms with Gasteiger partial charge in [-0.3, -0.25) is 0 Å². The maximum absolute atomic E-state index is 11.0. The van der Waals surface area contributed by atoms with Crippen LogP contribution < -0.4 is 5.32 Å². The number of amides is 2. The smallest absolute Gasteiger partial charge is 0.317 e. The molecule has 0 aliphatic heterocycles. The number of carbonyl (C=O) groups is 1. The van der Waals surface area contributed by atoms with E-state index in [-0.39, 0.29) is 6.03 Å². The van der Waals surface area contributed by atoms with Crippen molar-refractivity contribution in [2.24, 2.45) is 0 Å². The average Bonchev–Trinajstić information content (AvgIpc) is 1.84. The van der Waals surface area contributed by atoms with Crippen molar-refractivity contribution in [3.05, 3.63) is 0 Å². The fourth-order valence-electron chi connectivity index (χ4n) is 0.656. The Hall–Kier alpha value is -0.770. The Kier molecular flexibility index (Phi) is 4.03. The number of hydrogen-bond acceptors (Lipinski definition) is 1. The molecule has 0 fully saturated rings. The van der Waals surface area contributed by atoms with Crippen LogP contribution in [-0.2, 0) is 0 Å². The molecule has 0 aromatic rings. The number of nitrogens with one attached hydrogen (secondary N) is 1. The average molecular weight is 174 g/mol. The third-order valence-electron chi connectivity index (χ3n) is 1.47. The van der Waals surface area contributed by atoms with E-state index >= 15 is 0 Å². The predicted molar refractivity (Wildman–Crippen MR) is 50.0 cm³/mol. The van der Waals surface area contributed by atoms with Gasteiger partial charge in [0, 0.05) is 14.1 Å². The van der Waals surface area contributed by atoms with Crippen molar-refractivity contribution in [2.75, 3.05) is 48.3 Å². The summed E-state index contributed by atoms with van der Waals surface area (Å²) in [6.45, 7) is 1.67. The molecule has 0 heterocycles.